The Morgan fingerprint density at radius 2 is 1.80 bits per heavy atom. The molecule has 0 unspecified atom stereocenters. The summed E-state index contributed by atoms with van der Waals surface area (Å²) in [5.74, 6) is 0. The van der Waals surface area contributed by atoms with Gasteiger partial charge in [0.25, 0.3) is 0 Å². The second kappa shape index (κ2) is 4.77. The molecule has 5 heteroatoms. The maximum atomic E-state index is 11.9. The van der Waals surface area contributed by atoms with Crippen LogP contribution in [0.3, 0.4) is 0 Å². The molecule has 3 rings (SSSR count). The summed E-state index contributed by atoms with van der Waals surface area (Å²) in [4.78, 5) is 22.1. The number of fused-ring (bicyclic) bond motifs is 3. The normalized spacial score (nSPS) is 10.7. The number of rotatable bonds is 1. The summed E-state index contributed by atoms with van der Waals surface area (Å²) in [6.45, 7) is 0. The molecule has 2 heterocycles. The molecule has 0 fully saturated rings. The molecule has 5 nitrogen and oxygen atoms in total. The fourth-order valence-electron chi connectivity index (χ4n) is 2.12. The molecule has 2 aromatic heterocycles. The molecular formula is C15H14N4O. The predicted molar refractivity (Wildman–Crippen MR) is 79.7 cm³/mol. The topological polar surface area (TPSA) is 58.1 Å². The van der Waals surface area contributed by atoms with Gasteiger partial charge in [0.1, 0.15) is 0 Å². The molecule has 3 aromatic rings. The van der Waals surface area contributed by atoms with E-state index in [2.05, 4.69) is 15.3 Å². The lowest BCUT2D eigenvalue weighted by molar-refractivity contribution is 0.231. The number of anilines is 1. The number of hydrogen-bond donors (Lipinski definition) is 1. The molecule has 2 amide bonds. The Bertz CT molecular complexity index is 798. The van der Waals surface area contributed by atoms with Gasteiger partial charge in [-0.25, -0.2) is 4.79 Å². The Hall–Kier alpha value is -2.69. The smallest absolute Gasteiger partial charge is 0.321 e. The van der Waals surface area contributed by atoms with Crippen molar-refractivity contribution in [3.05, 3.63) is 42.7 Å². The first-order valence-corrected chi connectivity index (χ1v) is 6.27. The molecule has 0 aliphatic rings. The van der Waals surface area contributed by atoms with Gasteiger partial charge in [-0.05, 0) is 24.3 Å². The number of urea groups is 1. The second-order valence-corrected chi connectivity index (χ2v) is 4.72. The maximum absolute atomic E-state index is 11.9. The average Bonchev–Trinajstić information content (AvgIpc) is 2.47. The van der Waals surface area contributed by atoms with Crippen LogP contribution in [0.5, 0.6) is 0 Å². The Kier molecular flexibility index (Phi) is 2.95. The van der Waals surface area contributed by atoms with Crippen molar-refractivity contribution < 1.29 is 4.79 Å². The van der Waals surface area contributed by atoms with Crippen molar-refractivity contribution in [2.24, 2.45) is 0 Å². The van der Waals surface area contributed by atoms with Crippen molar-refractivity contribution in [1.29, 1.82) is 0 Å². The van der Waals surface area contributed by atoms with Crippen molar-refractivity contribution in [1.82, 2.24) is 14.9 Å². The van der Waals surface area contributed by atoms with E-state index in [1.807, 2.05) is 30.3 Å². The van der Waals surface area contributed by atoms with Gasteiger partial charge in [-0.15, -0.1) is 0 Å². The fourth-order valence-corrected chi connectivity index (χ4v) is 2.12. The highest BCUT2D eigenvalue weighted by Crippen LogP contribution is 2.29. The zero-order valence-electron chi connectivity index (χ0n) is 11.3. The second-order valence-electron chi connectivity index (χ2n) is 4.72. The van der Waals surface area contributed by atoms with E-state index in [1.54, 1.807) is 26.5 Å². The van der Waals surface area contributed by atoms with E-state index in [0.29, 0.717) is 5.69 Å². The third-order valence-corrected chi connectivity index (χ3v) is 3.10. The monoisotopic (exact) mass is 266 g/mol. The van der Waals surface area contributed by atoms with Gasteiger partial charge in [0.05, 0.1) is 16.7 Å². The predicted octanol–water partition coefficient (Wildman–Crippen LogP) is 2.88. The standard InChI is InChI=1S/C15H14N4O/c1-19(2)15(20)18-12-9-10-5-3-7-16-13(10)11-6-4-8-17-14(11)12/h3-9H,1-2H3,(H,18,20). The summed E-state index contributed by atoms with van der Waals surface area (Å²) in [6.07, 6.45) is 3.47. The minimum atomic E-state index is -0.180. The summed E-state index contributed by atoms with van der Waals surface area (Å²) in [7, 11) is 3.40. The van der Waals surface area contributed by atoms with Gasteiger partial charge in [-0.2, -0.15) is 0 Å². The molecule has 0 bridgehead atoms. The minimum absolute atomic E-state index is 0.180. The Balaban J connectivity index is 2.26. The molecular weight excluding hydrogens is 252 g/mol. The van der Waals surface area contributed by atoms with Crippen LogP contribution in [0.15, 0.2) is 42.7 Å². The van der Waals surface area contributed by atoms with Crippen LogP contribution in [0.2, 0.25) is 0 Å². The number of aromatic nitrogens is 2. The van der Waals surface area contributed by atoms with Gasteiger partial charge in [0.2, 0.25) is 0 Å². The van der Waals surface area contributed by atoms with Gasteiger partial charge in [-0.3, -0.25) is 9.97 Å². The number of pyridine rings is 2. The van der Waals surface area contributed by atoms with Crippen LogP contribution in [-0.4, -0.2) is 35.0 Å². The van der Waals surface area contributed by atoms with Gasteiger partial charge in [-0.1, -0.05) is 6.07 Å². The highest BCUT2D eigenvalue weighted by molar-refractivity contribution is 6.11. The highest BCUT2D eigenvalue weighted by Gasteiger charge is 2.11. The highest BCUT2D eigenvalue weighted by atomic mass is 16.2. The lowest BCUT2D eigenvalue weighted by atomic mass is 10.1. The van der Waals surface area contributed by atoms with Crippen LogP contribution in [0.25, 0.3) is 21.8 Å². The Labute approximate surface area is 116 Å². The van der Waals surface area contributed by atoms with Crippen molar-refractivity contribution >= 4 is 33.5 Å². The quantitative estimate of drug-likeness (QED) is 0.689. The Morgan fingerprint density at radius 1 is 1.10 bits per heavy atom. The van der Waals surface area contributed by atoms with Gasteiger partial charge >= 0.3 is 6.03 Å². The molecule has 0 spiro atoms. The zero-order valence-corrected chi connectivity index (χ0v) is 11.3. The van der Waals surface area contributed by atoms with Crippen LogP contribution in [-0.2, 0) is 0 Å². The number of benzene rings is 1. The van der Waals surface area contributed by atoms with Crippen LogP contribution < -0.4 is 5.32 Å². The third-order valence-electron chi connectivity index (χ3n) is 3.10. The molecule has 0 atom stereocenters. The molecule has 1 N–H and O–H groups in total. The van der Waals surface area contributed by atoms with E-state index in [9.17, 15) is 4.79 Å². The molecule has 0 saturated carbocycles. The molecule has 0 aliphatic heterocycles. The summed E-state index contributed by atoms with van der Waals surface area (Å²) < 4.78 is 0. The maximum Gasteiger partial charge on any atom is 0.321 e. The number of amides is 2. The summed E-state index contributed by atoms with van der Waals surface area (Å²) >= 11 is 0. The fraction of sp³-hybridized carbons (Fsp3) is 0.133. The lowest BCUT2D eigenvalue weighted by Crippen LogP contribution is -2.27. The van der Waals surface area contributed by atoms with Crippen LogP contribution >= 0.6 is 0 Å². The van der Waals surface area contributed by atoms with Gasteiger partial charge < -0.3 is 10.2 Å². The van der Waals surface area contributed by atoms with E-state index >= 15 is 0 Å². The van der Waals surface area contributed by atoms with Gasteiger partial charge in [0, 0.05) is 37.3 Å². The minimum Gasteiger partial charge on any atom is -0.331 e. The van der Waals surface area contributed by atoms with Gasteiger partial charge in [0.15, 0.2) is 0 Å². The van der Waals surface area contributed by atoms with E-state index < -0.39 is 0 Å². The van der Waals surface area contributed by atoms with Crippen LogP contribution in [0, 0.1) is 0 Å². The molecule has 0 aliphatic carbocycles. The number of nitrogens with one attached hydrogen (secondary N) is 1. The number of nitrogens with zero attached hydrogens (tertiary/aromatic N) is 3. The number of carbonyl (C=O) groups is 1. The average molecular weight is 266 g/mol. The summed E-state index contributed by atoms with van der Waals surface area (Å²) in [5, 5.41) is 4.78. The van der Waals surface area contributed by atoms with E-state index in [1.165, 1.54) is 4.90 Å². The van der Waals surface area contributed by atoms with E-state index in [-0.39, 0.29) is 6.03 Å². The molecule has 0 saturated heterocycles. The van der Waals surface area contributed by atoms with Crippen molar-refractivity contribution in [3.8, 4) is 0 Å². The van der Waals surface area contributed by atoms with Crippen LogP contribution in [0.4, 0.5) is 10.5 Å². The van der Waals surface area contributed by atoms with Crippen molar-refractivity contribution in [2.45, 2.75) is 0 Å². The first kappa shape index (κ1) is 12.3. The van der Waals surface area contributed by atoms with Crippen LogP contribution in [0.1, 0.15) is 0 Å². The zero-order chi connectivity index (χ0) is 14.1. The third kappa shape index (κ3) is 2.03. The molecule has 100 valence electrons. The molecule has 1 aromatic carbocycles. The van der Waals surface area contributed by atoms with E-state index in [0.717, 1.165) is 21.8 Å². The number of carbonyl (C=O) groups excluding carboxylic acids is 1. The summed E-state index contributed by atoms with van der Waals surface area (Å²) in [6, 6.07) is 9.40. The molecule has 20 heavy (non-hydrogen) atoms. The molecule has 0 radical (unpaired) electrons. The lowest BCUT2D eigenvalue weighted by Gasteiger charge is -2.14. The Morgan fingerprint density at radius 3 is 2.55 bits per heavy atom. The van der Waals surface area contributed by atoms with E-state index in [4.69, 9.17) is 0 Å². The summed E-state index contributed by atoms with van der Waals surface area (Å²) in [5.41, 5.74) is 2.33. The first-order valence-electron chi connectivity index (χ1n) is 6.27. The van der Waals surface area contributed by atoms with Crippen molar-refractivity contribution in [3.63, 3.8) is 0 Å². The van der Waals surface area contributed by atoms with Crippen molar-refractivity contribution in [2.75, 3.05) is 19.4 Å². The number of hydrogen-bond acceptors (Lipinski definition) is 3. The first-order chi connectivity index (χ1) is 9.66. The largest absolute Gasteiger partial charge is 0.331 e. The SMILES string of the molecule is CN(C)C(=O)Nc1cc2cccnc2c2cccnc12.